The number of rotatable bonds is 6. The number of anilines is 1. The van der Waals surface area contributed by atoms with Crippen molar-refractivity contribution in [2.24, 2.45) is 5.92 Å². The lowest BCUT2D eigenvalue weighted by molar-refractivity contribution is -0.122. The molecule has 0 spiro atoms. The van der Waals surface area contributed by atoms with Gasteiger partial charge in [0.25, 0.3) is 0 Å². The van der Waals surface area contributed by atoms with Crippen molar-refractivity contribution in [3.8, 4) is 0 Å². The van der Waals surface area contributed by atoms with Gasteiger partial charge in [0, 0.05) is 18.2 Å². The maximum absolute atomic E-state index is 12.2. The Bertz CT molecular complexity index is 635. The number of carbonyl (C=O) groups is 2. The van der Waals surface area contributed by atoms with Crippen molar-refractivity contribution in [3.05, 3.63) is 42.0 Å². The predicted molar refractivity (Wildman–Crippen MR) is 99.3 cm³/mol. The number of carbonyl (C=O) groups excluding carboxylic acids is 2. The van der Waals surface area contributed by atoms with Crippen molar-refractivity contribution in [2.45, 2.75) is 57.5 Å². The fourth-order valence-electron chi connectivity index (χ4n) is 3.11. The zero-order chi connectivity index (χ0) is 17.6. The van der Waals surface area contributed by atoms with E-state index >= 15 is 0 Å². The number of allylic oxidation sites excluding steroid dienone is 2. The molecular formula is C20H27N3O2. The molecule has 134 valence electrons. The molecule has 0 aromatic heterocycles. The molecule has 3 rings (SSSR count). The summed E-state index contributed by atoms with van der Waals surface area (Å²) in [5.41, 5.74) is 1.79. The first kappa shape index (κ1) is 17.5. The largest absolute Gasteiger partial charge is 0.350 e. The van der Waals surface area contributed by atoms with Gasteiger partial charge >= 0.3 is 6.03 Å². The monoisotopic (exact) mass is 341 g/mol. The van der Waals surface area contributed by atoms with Crippen molar-refractivity contribution in [1.82, 2.24) is 10.6 Å². The molecule has 1 aromatic rings. The normalized spacial score (nSPS) is 20.6. The zero-order valence-electron chi connectivity index (χ0n) is 14.8. The molecule has 0 aliphatic heterocycles. The summed E-state index contributed by atoms with van der Waals surface area (Å²) in [5.74, 6) is 0.465. The maximum Gasteiger partial charge on any atom is 0.319 e. The molecule has 2 aliphatic carbocycles. The average molecular weight is 341 g/mol. The van der Waals surface area contributed by atoms with Gasteiger partial charge in [-0.2, -0.15) is 0 Å². The Morgan fingerprint density at radius 2 is 1.92 bits per heavy atom. The van der Waals surface area contributed by atoms with Crippen LogP contribution in [0.2, 0.25) is 0 Å². The lowest BCUT2D eigenvalue weighted by Gasteiger charge is -2.19. The van der Waals surface area contributed by atoms with Gasteiger partial charge in [-0.1, -0.05) is 24.3 Å². The number of hydrogen-bond acceptors (Lipinski definition) is 2. The summed E-state index contributed by atoms with van der Waals surface area (Å²) in [4.78, 5) is 23.9. The molecule has 3 N–H and O–H groups in total. The highest BCUT2D eigenvalue weighted by atomic mass is 16.2. The second-order valence-corrected chi connectivity index (χ2v) is 7.11. The summed E-state index contributed by atoms with van der Waals surface area (Å²) in [5, 5.41) is 8.79. The van der Waals surface area contributed by atoms with Crippen LogP contribution in [0.4, 0.5) is 10.5 Å². The Labute approximate surface area is 149 Å². The number of nitrogens with one attached hydrogen (secondary N) is 3. The third-order valence-electron chi connectivity index (χ3n) is 4.76. The molecule has 3 amide bonds. The maximum atomic E-state index is 12.2. The summed E-state index contributed by atoms with van der Waals surface area (Å²) in [6.45, 7) is 1.98. The third kappa shape index (κ3) is 5.62. The third-order valence-corrected chi connectivity index (χ3v) is 4.76. The second kappa shape index (κ2) is 8.19. The first-order chi connectivity index (χ1) is 12.1. The van der Waals surface area contributed by atoms with Crippen LogP contribution in [0.3, 0.4) is 0 Å². The van der Waals surface area contributed by atoms with E-state index in [0.717, 1.165) is 36.9 Å². The second-order valence-electron chi connectivity index (χ2n) is 7.11. The zero-order valence-corrected chi connectivity index (χ0v) is 14.8. The first-order valence-corrected chi connectivity index (χ1v) is 9.23. The van der Waals surface area contributed by atoms with Crippen LogP contribution in [-0.2, 0) is 4.79 Å². The van der Waals surface area contributed by atoms with Crippen LogP contribution in [-0.4, -0.2) is 18.0 Å². The summed E-state index contributed by atoms with van der Waals surface area (Å²) < 4.78 is 0. The molecule has 25 heavy (non-hydrogen) atoms. The molecule has 2 atom stereocenters. The first-order valence-electron chi connectivity index (χ1n) is 9.23. The summed E-state index contributed by atoms with van der Waals surface area (Å²) >= 11 is 0. The van der Waals surface area contributed by atoms with Gasteiger partial charge < -0.3 is 16.0 Å². The Kier molecular flexibility index (Phi) is 5.74. The highest BCUT2D eigenvalue weighted by Crippen LogP contribution is 2.22. The van der Waals surface area contributed by atoms with Crippen LogP contribution in [0.5, 0.6) is 0 Å². The van der Waals surface area contributed by atoms with Gasteiger partial charge in [0.2, 0.25) is 5.91 Å². The van der Waals surface area contributed by atoms with Crippen molar-refractivity contribution >= 4 is 17.6 Å². The topological polar surface area (TPSA) is 70.2 Å². The summed E-state index contributed by atoms with van der Waals surface area (Å²) in [6, 6.07) is 7.76. The predicted octanol–water partition coefficient (Wildman–Crippen LogP) is 3.89. The van der Waals surface area contributed by atoms with Crippen LogP contribution in [0, 0.1) is 5.92 Å². The minimum atomic E-state index is -0.155. The van der Waals surface area contributed by atoms with Gasteiger partial charge in [0.15, 0.2) is 0 Å². The smallest absolute Gasteiger partial charge is 0.319 e. The average Bonchev–Trinajstić information content (AvgIpc) is 3.40. The molecule has 2 unspecified atom stereocenters. The van der Waals surface area contributed by atoms with E-state index in [1.54, 1.807) is 0 Å². The van der Waals surface area contributed by atoms with E-state index in [2.05, 4.69) is 28.1 Å². The van der Waals surface area contributed by atoms with Gasteiger partial charge in [-0.05, 0) is 62.6 Å². The molecule has 0 radical (unpaired) electrons. The van der Waals surface area contributed by atoms with E-state index < -0.39 is 0 Å². The standard InChI is InChI=1S/C20H27N3O2/c1-14(21-19(24)13-15-5-3-2-4-6-15)16-7-9-17(10-8-16)22-20(25)23-18-11-12-18/h3,5,7-10,14-15,18H,2,4,6,11-13H2,1H3,(H,21,24)(H2,22,23,25). The van der Waals surface area contributed by atoms with Gasteiger partial charge in [0.1, 0.15) is 0 Å². The van der Waals surface area contributed by atoms with Gasteiger partial charge in [-0.15, -0.1) is 0 Å². The van der Waals surface area contributed by atoms with Crippen LogP contribution < -0.4 is 16.0 Å². The molecule has 5 heteroatoms. The molecule has 0 saturated heterocycles. The summed E-state index contributed by atoms with van der Waals surface area (Å²) in [6.07, 6.45) is 10.4. The SMILES string of the molecule is CC(NC(=O)CC1C=CCCC1)c1ccc(NC(=O)NC2CC2)cc1. The van der Waals surface area contributed by atoms with E-state index in [1.165, 1.54) is 6.42 Å². The van der Waals surface area contributed by atoms with Gasteiger partial charge in [-0.25, -0.2) is 4.79 Å². The fourth-order valence-corrected chi connectivity index (χ4v) is 3.11. The van der Waals surface area contributed by atoms with Crippen LogP contribution in [0.25, 0.3) is 0 Å². The number of hydrogen-bond donors (Lipinski definition) is 3. The Morgan fingerprint density at radius 3 is 2.56 bits per heavy atom. The number of amides is 3. The van der Waals surface area contributed by atoms with E-state index in [-0.39, 0.29) is 18.0 Å². The van der Waals surface area contributed by atoms with E-state index in [9.17, 15) is 9.59 Å². The van der Waals surface area contributed by atoms with Crippen molar-refractivity contribution in [2.75, 3.05) is 5.32 Å². The molecule has 0 heterocycles. The number of urea groups is 1. The van der Waals surface area contributed by atoms with Crippen molar-refractivity contribution < 1.29 is 9.59 Å². The minimum Gasteiger partial charge on any atom is -0.350 e. The molecule has 1 saturated carbocycles. The molecule has 1 aromatic carbocycles. The minimum absolute atomic E-state index is 0.0468. The highest BCUT2D eigenvalue weighted by Gasteiger charge is 2.23. The highest BCUT2D eigenvalue weighted by molar-refractivity contribution is 5.89. The van der Waals surface area contributed by atoms with E-state index in [4.69, 9.17) is 0 Å². The number of benzene rings is 1. The molecule has 1 fully saturated rings. The lowest BCUT2D eigenvalue weighted by atomic mass is 9.92. The molecule has 5 nitrogen and oxygen atoms in total. The Morgan fingerprint density at radius 1 is 1.16 bits per heavy atom. The Balaban J connectivity index is 1.46. The van der Waals surface area contributed by atoms with E-state index in [1.807, 2.05) is 31.2 Å². The van der Waals surface area contributed by atoms with E-state index in [0.29, 0.717) is 18.4 Å². The van der Waals surface area contributed by atoms with Crippen molar-refractivity contribution in [3.63, 3.8) is 0 Å². The lowest BCUT2D eigenvalue weighted by Crippen LogP contribution is -2.30. The van der Waals surface area contributed by atoms with Crippen molar-refractivity contribution in [1.29, 1.82) is 0 Å². The Hall–Kier alpha value is -2.30. The quantitative estimate of drug-likeness (QED) is 0.687. The molecule has 0 bridgehead atoms. The summed E-state index contributed by atoms with van der Waals surface area (Å²) in [7, 11) is 0. The van der Waals surface area contributed by atoms with Gasteiger partial charge in [0.05, 0.1) is 6.04 Å². The van der Waals surface area contributed by atoms with Crippen LogP contribution in [0.15, 0.2) is 36.4 Å². The molecule has 2 aliphatic rings. The fraction of sp³-hybridized carbons (Fsp3) is 0.500. The van der Waals surface area contributed by atoms with Crippen LogP contribution in [0.1, 0.15) is 57.1 Å². The van der Waals surface area contributed by atoms with Gasteiger partial charge in [-0.3, -0.25) is 4.79 Å². The molecular weight excluding hydrogens is 314 g/mol. The van der Waals surface area contributed by atoms with Crippen LogP contribution >= 0.6 is 0 Å².